The summed E-state index contributed by atoms with van der Waals surface area (Å²) in [6.45, 7) is 5.21. The van der Waals surface area contributed by atoms with E-state index in [-0.39, 0.29) is 11.9 Å². The first-order valence-corrected chi connectivity index (χ1v) is 6.09. The van der Waals surface area contributed by atoms with Gasteiger partial charge < -0.3 is 10.1 Å². The molecule has 1 rings (SSSR count). The number of ether oxygens (including phenoxy) is 1. The van der Waals surface area contributed by atoms with E-state index in [9.17, 15) is 4.39 Å². The summed E-state index contributed by atoms with van der Waals surface area (Å²) in [5, 5.41) is 3.72. The van der Waals surface area contributed by atoms with E-state index in [1.807, 2.05) is 0 Å². The molecule has 0 aliphatic heterocycles. The minimum atomic E-state index is -0.273. The maximum Gasteiger partial charge on any atom is 0.129 e. The molecule has 0 saturated heterocycles. The standard InChI is InChI=1S/C13H19ClFNO/c1-9(2)13(8-17-3)16-7-10-11(14)5-4-6-12(10)15/h4-6,9,13,16H,7-8H2,1-3H3. The number of nitrogens with one attached hydrogen (secondary N) is 1. The Bertz CT molecular complexity index is 337. The van der Waals surface area contributed by atoms with Crippen LogP contribution in [-0.2, 0) is 11.3 Å². The van der Waals surface area contributed by atoms with Crippen LogP contribution in [0.3, 0.4) is 0 Å². The van der Waals surface area contributed by atoms with Gasteiger partial charge in [-0.3, -0.25) is 0 Å². The minimum absolute atomic E-state index is 0.190. The van der Waals surface area contributed by atoms with Crippen LogP contribution in [-0.4, -0.2) is 19.8 Å². The molecule has 17 heavy (non-hydrogen) atoms. The third-order valence-corrected chi connectivity index (χ3v) is 3.11. The molecule has 4 heteroatoms. The highest BCUT2D eigenvalue weighted by atomic mass is 35.5. The van der Waals surface area contributed by atoms with Crippen LogP contribution in [0.2, 0.25) is 5.02 Å². The normalized spacial score (nSPS) is 13.1. The van der Waals surface area contributed by atoms with Crippen LogP contribution in [0.1, 0.15) is 19.4 Å². The number of hydrogen-bond donors (Lipinski definition) is 1. The van der Waals surface area contributed by atoms with Crippen molar-refractivity contribution in [3.63, 3.8) is 0 Å². The Morgan fingerprint density at radius 3 is 2.65 bits per heavy atom. The molecule has 0 fully saturated rings. The predicted molar refractivity (Wildman–Crippen MR) is 68.8 cm³/mol. The van der Waals surface area contributed by atoms with Gasteiger partial charge in [0.15, 0.2) is 0 Å². The van der Waals surface area contributed by atoms with Gasteiger partial charge in [0.1, 0.15) is 5.82 Å². The zero-order valence-electron chi connectivity index (χ0n) is 10.5. The minimum Gasteiger partial charge on any atom is -0.383 e. The van der Waals surface area contributed by atoms with Gasteiger partial charge in [-0.1, -0.05) is 31.5 Å². The van der Waals surface area contributed by atoms with Crippen LogP contribution < -0.4 is 5.32 Å². The molecule has 0 aromatic heterocycles. The maximum atomic E-state index is 13.5. The molecule has 0 radical (unpaired) electrons. The van der Waals surface area contributed by atoms with Gasteiger partial charge in [0.05, 0.1) is 6.61 Å². The van der Waals surface area contributed by atoms with Crippen molar-refractivity contribution in [2.24, 2.45) is 5.92 Å². The molecule has 2 nitrogen and oxygen atoms in total. The average Bonchev–Trinajstić information content (AvgIpc) is 2.26. The van der Waals surface area contributed by atoms with E-state index in [4.69, 9.17) is 16.3 Å². The van der Waals surface area contributed by atoms with Gasteiger partial charge in [0.2, 0.25) is 0 Å². The lowest BCUT2D eigenvalue weighted by molar-refractivity contribution is 0.146. The molecule has 1 aromatic rings. The van der Waals surface area contributed by atoms with Crippen LogP contribution in [0.5, 0.6) is 0 Å². The molecular weight excluding hydrogens is 241 g/mol. The highest BCUT2D eigenvalue weighted by Crippen LogP contribution is 2.19. The van der Waals surface area contributed by atoms with E-state index in [1.54, 1.807) is 19.2 Å². The molecule has 0 aliphatic carbocycles. The van der Waals surface area contributed by atoms with Crippen molar-refractivity contribution in [2.45, 2.75) is 26.4 Å². The van der Waals surface area contributed by atoms with E-state index < -0.39 is 0 Å². The number of hydrogen-bond acceptors (Lipinski definition) is 2. The molecule has 0 aliphatic rings. The van der Waals surface area contributed by atoms with Crippen LogP contribution in [0, 0.1) is 11.7 Å². The Morgan fingerprint density at radius 1 is 1.41 bits per heavy atom. The van der Waals surface area contributed by atoms with Gasteiger partial charge in [-0.2, -0.15) is 0 Å². The SMILES string of the molecule is COCC(NCc1c(F)cccc1Cl)C(C)C. The van der Waals surface area contributed by atoms with Gasteiger partial charge in [-0.15, -0.1) is 0 Å². The molecule has 0 spiro atoms. The average molecular weight is 260 g/mol. The third kappa shape index (κ3) is 4.26. The lowest BCUT2D eigenvalue weighted by atomic mass is 10.0. The Labute approximate surface area is 107 Å². The molecule has 1 aromatic carbocycles. The maximum absolute atomic E-state index is 13.5. The van der Waals surface area contributed by atoms with Crippen LogP contribution in [0.15, 0.2) is 18.2 Å². The summed E-state index contributed by atoms with van der Waals surface area (Å²) < 4.78 is 18.7. The summed E-state index contributed by atoms with van der Waals surface area (Å²) in [6.07, 6.45) is 0. The fraction of sp³-hybridized carbons (Fsp3) is 0.538. The molecule has 1 N–H and O–H groups in total. The lowest BCUT2D eigenvalue weighted by Crippen LogP contribution is -2.37. The van der Waals surface area contributed by atoms with Gasteiger partial charge in [-0.25, -0.2) is 4.39 Å². The van der Waals surface area contributed by atoms with Gasteiger partial charge in [-0.05, 0) is 18.1 Å². The fourth-order valence-corrected chi connectivity index (χ4v) is 1.83. The molecule has 0 saturated carbocycles. The largest absolute Gasteiger partial charge is 0.383 e. The Morgan fingerprint density at radius 2 is 2.12 bits per heavy atom. The molecule has 0 bridgehead atoms. The van der Waals surface area contributed by atoms with Crippen LogP contribution in [0.25, 0.3) is 0 Å². The predicted octanol–water partition coefficient (Wildman–Crippen LogP) is 3.24. The quantitative estimate of drug-likeness (QED) is 0.847. The van der Waals surface area contributed by atoms with Crippen molar-refractivity contribution < 1.29 is 9.13 Å². The Kier molecular flexibility index (Phi) is 5.89. The summed E-state index contributed by atoms with van der Waals surface area (Å²) >= 11 is 5.96. The summed E-state index contributed by atoms with van der Waals surface area (Å²) in [5.74, 6) is 0.144. The second kappa shape index (κ2) is 6.94. The Balaban J connectivity index is 2.65. The fourth-order valence-electron chi connectivity index (χ4n) is 1.60. The first kappa shape index (κ1) is 14.4. The molecule has 1 unspecified atom stereocenters. The molecule has 0 heterocycles. The van der Waals surface area contributed by atoms with Crippen molar-refractivity contribution >= 4 is 11.6 Å². The first-order valence-electron chi connectivity index (χ1n) is 5.71. The summed E-state index contributed by atoms with van der Waals surface area (Å²) in [4.78, 5) is 0. The van der Waals surface area contributed by atoms with Crippen molar-refractivity contribution in [3.05, 3.63) is 34.6 Å². The monoisotopic (exact) mass is 259 g/mol. The summed E-state index contributed by atoms with van der Waals surface area (Å²) in [7, 11) is 1.66. The van der Waals surface area contributed by atoms with Crippen molar-refractivity contribution in [2.75, 3.05) is 13.7 Å². The van der Waals surface area contributed by atoms with E-state index >= 15 is 0 Å². The molecular formula is C13H19ClFNO. The third-order valence-electron chi connectivity index (χ3n) is 2.75. The summed E-state index contributed by atoms with van der Waals surface area (Å²) in [6, 6.07) is 4.91. The lowest BCUT2D eigenvalue weighted by Gasteiger charge is -2.22. The zero-order valence-corrected chi connectivity index (χ0v) is 11.2. The van der Waals surface area contributed by atoms with Gasteiger partial charge >= 0.3 is 0 Å². The second-order valence-electron chi connectivity index (χ2n) is 4.39. The topological polar surface area (TPSA) is 21.3 Å². The zero-order chi connectivity index (χ0) is 12.8. The number of halogens is 2. The van der Waals surface area contributed by atoms with E-state index in [2.05, 4.69) is 19.2 Å². The van der Waals surface area contributed by atoms with Crippen LogP contribution in [0.4, 0.5) is 4.39 Å². The van der Waals surface area contributed by atoms with E-state index in [0.717, 1.165) is 0 Å². The number of methoxy groups -OCH3 is 1. The second-order valence-corrected chi connectivity index (χ2v) is 4.79. The first-order chi connectivity index (χ1) is 8.06. The summed E-state index contributed by atoms with van der Waals surface area (Å²) in [5.41, 5.74) is 0.510. The number of benzene rings is 1. The smallest absolute Gasteiger partial charge is 0.129 e. The molecule has 1 atom stereocenters. The van der Waals surface area contributed by atoms with Crippen molar-refractivity contribution in [3.8, 4) is 0 Å². The highest BCUT2D eigenvalue weighted by molar-refractivity contribution is 6.31. The van der Waals surface area contributed by atoms with Gasteiger partial charge in [0.25, 0.3) is 0 Å². The molecule has 0 amide bonds. The molecule has 96 valence electrons. The highest BCUT2D eigenvalue weighted by Gasteiger charge is 2.14. The van der Waals surface area contributed by atoms with Crippen molar-refractivity contribution in [1.82, 2.24) is 5.32 Å². The van der Waals surface area contributed by atoms with Crippen LogP contribution >= 0.6 is 11.6 Å². The van der Waals surface area contributed by atoms with Crippen molar-refractivity contribution in [1.29, 1.82) is 0 Å². The Hall–Kier alpha value is -0.640. The van der Waals surface area contributed by atoms with Gasteiger partial charge in [0, 0.05) is 30.3 Å². The number of rotatable bonds is 6. The van der Waals surface area contributed by atoms with E-state index in [1.165, 1.54) is 6.07 Å². The van der Waals surface area contributed by atoms with E-state index in [0.29, 0.717) is 29.7 Å².